The Morgan fingerprint density at radius 1 is 1.28 bits per heavy atom. The molecule has 2 heterocycles. The van der Waals surface area contributed by atoms with Gasteiger partial charge in [-0.1, -0.05) is 0 Å². The minimum absolute atomic E-state index is 0.365. The van der Waals surface area contributed by atoms with Crippen LogP contribution in [0.5, 0.6) is 0 Å². The van der Waals surface area contributed by atoms with E-state index < -0.39 is 7.26 Å². The van der Waals surface area contributed by atoms with E-state index in [4.69, 9.17) is 0 Å². The first-order valence-electron chi connectivity index (χ1n) is 5.78. The van der Waals surface area contributed by atoms with Crippen LogP contribution in [0.4, 0.5) is 4.79 Å². The standard InChI is InChI=1S/C14H10BrOPS/c1-17-7-11(15)10-6-8-4-2-3-5-9(8)13(12(10)17)18-14(17)16/h2-7,17H,1H3. The first kappa shape index (κ1) is 11.2. The zero-order valence-electron chi connectivity index (χ0n) is 9.66. The van der Waals surface area contributed by atoms with Gasteiger partial charge in [0.15, 0.2) is 0 Å². The van der Waals surface area contributed by atoms with Crippen molar-refractivity contribution in [3.8, 4) is 0 Å². The average Bonchev–Trinajstić information content (AvgIpc) is 2.76. The number of carbonyl (C=O) groups is 1. The molecule has 0 aromatic heterocycles. The molecule has 18 heavy (non-hydrogen) atoms. The quantitative estimate of drug-likeness (QED) is 0.644. The summed E-state index contributed by atoms with van der Waals surface area (Å²) in [7, 11) is -2.06. The van der Waals surface area contributed by atoms with Gasteiger partial charge in [-0.05, 0) is 0 Å². The van der Waals surface area contributed by atoms with Gasteiger partial charge in [-0.3, -0.25) is 0 Å². The van der Waals surface area contributed by atoms with E-state index in [1.165, 1.54) is 38.3 Å². The predicted molar refractivity (Wildman–Crippen MR) is 86.0 cm³/mol. The third-order valence-electron chi connectivity index (χ3n) is 3.81. The summed E-state index contributed by atoms with van der Waals surface area (Å²) < 4.78 is 1.10. The zero-order chi connectivity index (χ0) is 12.5. The van der Waals surface area contributed by atoms with Crippen LogP contribution in [0.15, 0.2) is 41.0 Å². The molecule has 4 rings (SSSR count). The fraction of sp³-hybridized carbons (Fsp3) is 0.0714. The van der Waals surface area contributed by atoms with Gasteiger partial charge in [0, 0.05) is 0 Å². The molecule has 0 saturated heterocycles. The van der Waals surface area contributed by atoms with Crippen LogP contribution in [-0.4, -0.2) is 11.5 Å². The molecule has 2 aromatic rings. The molecule has 2 aliphatic rings. The first-order valence-corrected chi connectivity index (χ1v) is 9.97. The van der Waals surface area contributed by atoms with Crippen LogP contribution in [0, 0.1) is 0 Å². The van der Waals surface area contributed by atoms with Gasteiger partial charge in [0.05, 0.1) is 0 Å². The molecule has 0 bridgehead atoms. The van der Waals surface area contributed by atoms with Crippen LogP contribution in [-0.2, 0) is 0 Å². The number of thioether (sulfide) groups is 1. The predicted octanol–water partition coefficient (Wildman–Crippen LogP) is 4.78. The number of benzene rings is 2. The molecule has 2 aromatic carbocycles. The normalized spacial score (nSPS) is 21.0. The van der Waals surface area contributed by atoms with Gasteiger partial charge in [0.1, 0.15) is 0 Å². The number of halogens is 1. The molecule has 1 nitrogen and oxygen atoms in total. The van der Waals surface area contributed by atoms with Crippen molar-refractivity contribution in [3.05, 3.63) is 41.7 Å². The van der Waals surface area contributed by atoms with Crippen molar-refractivity contribution in [2.24, 2.45) is 0 Å². The summed E-state index contributed by atoms with van der Waals surface area (Å²) in [6.45, 7) is 2.15. The number of fused-ring (bicyclic) bond motifs is 2. The van der Waals surface area contributed by atoms with Gasteiger partial charge in [-0.25, -0.2) is 0 Å². The summed E-state index contributed by atoms with van der Waals surface area (Å²) in [5, 5.41) is 3.77. The Kier molecular flexibility index (Phi) is 2.16. The summed E-state index contributed by atoms with van der Waals surface area (Å²) in [5.41, 5.74) is 1.23. The summed E-state index contributed by atoms with van der Waals surface area (Å²) in [4.78, 5) is 13.9. The molecule has 0 N–H and O–H groups in total. The number of carbonyl (C=O) groups excluding carboxylic acids is 1. The molecular weight excluding hydrogens is 327 g/mol. The Morgan fingerprint density at radius 3 is 2.89 bits per heavy atom. The van der Waals surface area contributed by atoms with Crippen molar-refractivity contribution in [3.63, 3.8) is 0 Å². The van der Waals surface area contributed by atoms with Crippen LogP contribution in [0.3, 0.4) is 0 Å². The molecular formula is C14H10BrOPS. The Labute approximate surface area is 118 Å². The first-order chi connectivity index (χ1) is 8.61. The summed E-state index contributed by atoms with van der Waals surface area (Å²) in [5.74, 6) is 2.18. The zero-order valence-corrected chi connectivity index (χ0v) is 13.1. The van der Waals surface area contributed by atoms with Gasteiger partial charge >= 0.3 is 118 Å². The van der Waals surface area contributed by atoms with Crippen molar-refractivity contribution >= 4 is 60.4 Å². The van der Waals surface area contributed by atoms with Crippen LogP contribution in [0.1, 0.15) is 5.56 Å². The Bertz CT molecular complexity index is 768. The Balaban J connectivity index is 2.23. The van der Waals surface area contributed by atoms with Crippen LogP contribution in [0.25, 0.3) is 15.3 Å². The van der Waals surface area contributed by atoms with E-state index in [0.29, 0.717) is 4.86 Å². The Morgan fingerprint density at radius 2 is 2.06 bits per heavy atom. The van der Waals surface area contributed by atoms with Crippen molar-refractivity contribution in [2.45, 2.75) is 4.90 Å². The molecule has 0 unspecified atom stereocenters. The van der Waals surface area contributed by atoms with Crippen LogP contribution >= 0.6 is 35.0 Å². The second-order valence-corrected chi connectivity index (χ2v) is 10.8. The monoisotopic (exact) mass is 336 g/mol. The molecule has 0 amide bonds. The summed E-state index contributed by atoms with van der Waals surface area (Å²) in [6, 6.07) is 10.5. The summed E-state index contributed by atoms with van der Waals surface area (Å²) in [6.07, 6.45) is 0. The van der Waals surface area contributed by atoms with E-state index in [2.05, 4.69) is 46.6 Å². The molecule has 4 heteroatoms. The van der Waals surface area contributed by atoms with Crippen molar-refractivity contribution in [1.82, 2.24) is 0 Å². The molecule has 90 valence electrons. The second-order valence-electron chi connectivity index (χ2n) is 4.93. The van der Waals surface area contributed by atoms with E-state index >= 15 is 0 Å². The van der Waals surface area contributed by atoms with E-state index in [1.807, 2.05) is 12.1 Å². The van der Waals surface area contributed by atoms with E-state index in [9.17, 15) is 4.79 Å². The maximum absolute atomic E-state index is 12.4. The fourth-order valence-corrected chi connectivity index (χ4v) is 10.4. The molecule has 0 atom stereocenters. The topological polar surface area (TPSA) is 17.1 Å². The maximum atomic E-state index is 12.4. The third kappa shape index (κ3) is 1.20. The second kappa shape index (κ2) is 3.47. The fourth-order valence-electron chi connectivity index (χ4n) is 2.89. The van der Waals surface area contributed by atoms with Crippen molar-refractivity contribution < 1.29 is 4.79 Å². The molecule has 0 fully saturated rings. The summed E-state index contributed by atoms with van der Waals surface area (Å²) >= 11 is 5.08. The van der Waals surface area contributed by atoms with E-state index in [-0.39, 0.29) is 0 Å². The molecule has 2 aliphatic heterocycles. The number of hydrogen-bond acceptors (Lipinski definition) is 2. The molecule has 0 radical (unpaired) electrons. The number of hydrogen-bond donors (Lipinski definition) is 0. The van der Waals surface area contributed by atoms with Crippen molar-refractivity contribution in [1.29, 1.82) is 0 Å². The Hall–Kier alpha value is -0.630. The molecule has 0 spiro atoms. The van der Waals surface area contributed by atoms with Gasteiger partial charge < -0.3 is 0 Å². The number of rotatable bonds is 0. The van der Waals surface area contributed by atoms with Gasteiger partial charge in [-0.2, -0.15) is 0 Å². The molecule has 0 aliphatic carbocycles. The molecule has 0 saturated carbocycles. The van der Waals surface area contributed by atoms with E-state index in [1.54, 1.807) is 0 Å². The third-order valence-corrected chi connectivity index (χ3v) is 10.7. The van der Waals surface area contributed by atoms with Crippen LogP contribution < -0.4 is 5.30 Å². The van der Waals surface area contributed by atoms with Crippen LogP contribution in [0.2, 0.25) is 0 Å². The van der Waals surface area contributed by atoms with Gasteiger partial charge in [0.2, 0.25) is 0 Å². The average molecular weight is 337 g/mol. The SMILES string of the molecule is C[PH]12C=C(Br)c3cc4ccccc4c(c31)SC2=O. The van der Waals surface area contributed by atoms with Crippen molar-refractivity contribution in [2.75, 3.05) is 6.66 Å². The minimum atomic E-state index is -2.06. The van der Waals surface area contributed by atoms with Gasteiger partial charge in [-0.15, -0.1) is 0 Å². The van der Waals surface area contributed by atoms with Gasteiger partial charge in [0.25, 0.3) is 0 Å². The van der Waals surface area contributed by atoms with E-state index in [0.717, 1.165) is 4.48 Å².